The van der Waals surface area contributed by atoms with Crippen LogP contribution in [0.25, 0.3) is 0 Å². The summed E-state index contributed by atoms with van der Waals surface area (Å²) in [6, 6.07) is 24.2. The maximum Gasteiger partial charge on any atom is 0.315 e. The topological polar surface area (TPSA) is 75.9 Å². The van der Waals surface area contributed by atoms with Crippen molar-refractivity contribution in [2.45, 2.75) is 32.4 Å². The number of carbonyl (C=O) groups is 2. The van der Waals surface area contributed by atoms with Crippen molar-refractivity contribution in [1.82, 2.24) is 4.90 Å². The van der Waals surface area contributed by atoms with E-state index < -0.39 is 12.1 Å². The molecule has 0 radical (unpaired) electrons. The van der Waals surface area contributed by atoms with Crippen LogP contribution in [0.2, 0.25) is 0 Å². The number of carbonyl (C=O) groups excluding carboxylic acids is 2. The van der Waals surface area contributed by atoms with Gasteiger partial charge in [0, 0.05) is 6.54 Å². The minimum absolute atomic E-state index is 0.0640. The zero-order valence-electron chi connectivity index (χ0n) is 18.8. The third kappa shape index (κ3) is 5.34. The van der Waals surface area contributed by atoms with Crippen molar-refractivity contribution in [3.63, 3.8) is 0 Å². The Morgan fingerprint density at radius 2 is 1.70 bits per heavy atom. The second-order valence-corrected chi connectivity index (χ2v) is 8.33. The molecule has 0 fully saturated rings. The van der Waals surface area contributed by atoms with Gasteiger partial charge >= 0.3 is 6.03 Å². The van der Waals surface area contributed by atoms with E-state index >= 15 is 0 Å². The zero-order chi connectivity index (χ0) is 23.2. The highest BCUT2D eigenvalue weighted by Crippen LogP contribution is 2.33. The van der Waals surface area contributed by atoms with E-state index in [9.17, 15) is 9.59 Å². The summed E-state index contributed by atoms with van der Waals surface area (Å²) in [5.74, 6) is 0.424. The number of primary amides is 1. The molecule has 1 aliphatic rings. The number of fused-ring (bicyclic) bond motifs is 1. The molecular formula is C27H29N3O3. The fraction of sp³-hybridized carbons (Fsp3) is 0.259. The fourth-order valence-electron chi connectivity index (χ4n) is 4.12. The molecule has 4 rings (SSSR count). The number of urea groups is 1. The fourth-order valence-corrected chi connectivity index (χ4v) is 4.12. The molecule has 3 amide bonds. The molecule has 3 aromatic rings. The number of hydrogen-bond donors (Lipinski definition) is 1. The molecule has 33 heavy (non-hydrogen) atoms. The van der Waals surface area contributed by atoms with Crippen LogP contribution in [0.15, 0.2) is 78.9 Å². The van der Waals surface area contributed by atoms with Crippen molar-refractivity contribution in [2.24, 2.45) is 5.73 Å². The van der Waals surface area contributed by atoms with Crippen molar-refractivity contribution in [3.8, 4) is 5.75 Å². The van der Waals surface area contributed by atoms with Gasteiger partial charge < -0.3 is 20.3 Å². The van der Waals surface area contributed by atoms with E-state index in [0.29, 0.717) is 30.9 Å². The van der Waals surface area contributed by atoms with Gasteiger partial charge in [0.1, 0.15) is 18.4 Å². The number of amides is 3. The molecule has 2 N–H and O–H groups in total. The Balaban J connectivity index is 1.57. The van der Waals surface area contributed by atoms with Gasteiger partial charge in [0.25, 0.3) is 5.91 Å². The number of rotatable bonds is 7. The third-order valence-corrected chi connectivity index (χ3v) is 5.93. The van der Waals surface area contributed by atoms with Gasteiger partial charge in [-0.3, -0.25) is 4.79 Å². The van der Waals surface area contributed by atoms with Crippen LogP contribution in [0.3, 0.4) is 0 Å². The highest BCUT2D eigenvalue weighted by atomic mass is 16.5. The van der Waals surface area contributed by atoms with Crippen LogP contribution in [-0.4, -0.2) is 36.0 Å². The first-order chi connectivity index (χ1) is 16.0. The maximum atomic E-state index is 13.8. The average Bonchev–Trinajstić information content (AvgIpc) is 2.96. The van der Waals surface area contributed by atoms with Crippen LogP contribution in [-0.2, 0) is 17.8 Å². The van der Waals surface area contributed by atoms with E-state index in [-0.39, 0.29) is 12.5 Å². The summed E-state index contributed by atoms with van der Waals surface area (Å²) >= 11 is 0. The first-order valence-electron chi connectivity index (χ1n) is 11.2. The van der Waals surface area contributed by atoms with Gasteiger partial charge in [-0.2, -0.15) is 0 Å². The van der Waals surface area contributed by atoms with Gasteiger partial charge in [-0.15, -0.1) is 0 Å². The minimum atomic E-state index is -0.795. The van der Waals surface area contributed by atoms with Crippen LogP contribution in [0.1, 0.15) is 23.1 Å². The van der Waals surface area contributed by atoms with E-state index in [1.54, 1.807) is 4.90 Å². The molecule has 170 valence electrons. The van der Waals surface area contributed by atoms with E-state index in [1.165, 1.54) is 10.5 Å². The SMILES string of the molecule is Cc1ccc(CN2C(=O)[C@@H](N(CCCc3ccccc3)C(N)=O)COc3ccccc32)cc1. The summed E-state index contributed by atoms with van der Waals surface area (Å²) in [5, 5.41) is 0. The van der Waals surface area contributed by atoms with E-state index in [2.05, 4.69) is 12.1 Å². The number of nitrogens with zero attached hydrogens (tertiary/aromatic N) is 2. The van der Waals surface area contributed by atoms with Crippen molar-refractivity contribution in [2.75, 3.05) is 18.1 Å². The van der Waals surface area contributed by atoms with Crippen LogP contribution >= 0.6 is 0 Å². The van der Waals surface area contributed by atoms with Gasteiger partial charge in [0.15, 0.2) is 0 Å². The highest BCUT2D eigenvalue weighted by Gasteiger charge is 2.36. The Hall–Kier alpha value is -3.80. The van der Waals surface area contributed by atoms with Crippen LogP contribution in [0.5, 0.6) is 5.75 Å². The quantitative estimate of drug-likeness (QED) is 0.591. The number of nitrogens with two attached hydrogens (primary N) is 1. The van der Waals surface area contributed by atoms with Gasteiger partial charge in [-0.05, 0) is 43.0 Å². The Morgan fingerprint density at radius 3 is 2.42 bits per heavy atom. The molecule has 3 aromatic carbocycles. The lowest BCUT2D eigenvalue weighted by Crippen LogP contribution is -2.54. The molecule has 6 heteroatoms. The molecule has 6 nitrogen and oxygen atoms in total. The summed E-state index contributed by atoms with van der Waals surface area (Å²) < 4.78 is 6.00. The minimum Gasteiger partial charge on any atom is -0.489 e. The summed E-state index contributed by atoms with van der Waals surface area (Å²) in [4.78, 5) is 29.3. The average molecular weight is 444 g/mol. The second kappa shape index (κ2) is 10.2. The van der Waals surface area contributed by atoms with E-state index in [4.69, 9.17) is 10.5 Å². The Kier molecular flexibility index (Phi) is 6.93. The first kappa shape index (κ1) is 22.4. The van der Waals surface area contributed by atoms with Gasteiger partial charge in [0.2, 0.25) is 0 Å². The number of benzene rings is 3. The molecular weight excluding hydrogens is 414 g/mol. The van der Waals surface area contributed by atoms with Crippen LogP contribution < -0.4 is 15.4 Å². The molecule has 0 spiro atoms. The summed E-state index contributed by atoms with van der Waals surface area (Å²) in [5.41, 5.74) is 9.77. The standard InChI is InChI=1S/C27H29N3O3/c1-20-13-15-22(16-14-20)18-30-23-11-5-6-12-25(23)33-19-24(26(30)31)29(27(28)32)17-7-10-21-8-3-2-4-9-21/h2-6,8-9,11-16,24H,7,10,17-19H2,1H3,(H2,28,32)/t24-/m0/s1. The number of hydrogen-bond acceptors (Lipinski definition) is 3. The monoisotopic (exact) mass is 443 g/mol. The molecule has 0 aromatic heterocycles. The molecule has 0 aliphatic carbocycles. The normalized spacial score (nSPS) is 15.4. The van der Waals surface area contributed by atoms with Gasteiger partial charge in [-0.25, -0.2) is 4.79 Å². The largest absolute Gasteiger partial charge is 0.489 e. The number of anilines is 1. The van der Waals surface area contributed by atoms with Gasteiger partial charge in [0.05, 0.1) is 12.2 Å². The molecule has 1 atom stereocenters. The van der Waals surface area contributed by atoms with E-state index in [0.717, 1.165) is 17.5 Å². The summed E-state index contributed by atoms with van der Waals surface area (Å²) in [6.45, 7) is 2.85. The number of ether oxygens (including phenoxy) is 1. The first-order valence-corrected chi connectivity index (χ1v) is 11.2. The summed E-state index contributed by atoms with van der Waals surface area (Å²) in [7, 11) is 0. The molecule has 0 saturated carbocycles. The summed E-state index contributed by atoms with van der Waals surface area (Å²) in [6.07, 6.45) is 1.49. The van der Waals surface area contributed by atoms with Crippen molar-refractivity contribution < 1.29 is 14.3 Å². The van der Waals surface area contributed by atoms with Crippen molar-refractivity contribution in [3.05, 3.63) is 95.6 Å². The van der Waals surface area contributed by atoms with Crippen LogP contribution in [0, 0.1) is 6.92 Å². The maximum absolute atomic E-state index is 13.8. The second-order valence-electron chi connectivity index (χ2n) is 8.33. The van der Waals surface area contributed by atoms with E-state index in [1.807, 2.05) is 73.7 Å². The third-order valence-electron chi connectivity index (χ3n) is 5.93. The molecule has 0 unspecified atom stereocenters. The lowest BCUT2D eigenvalue weighted by Gasteiger charge is -2.31. The van der Waals surface area contributed by atoms with Crippen molar-refractivity contribution in [1.29, 1.82) is 0 Å². The lowest BCUT2D eigenvalue weighted by atomic mass is 10.1. The lowest BCUT2D eigenvalue weighted by molar-refractivity contribution is -0.123. The van der Waals surface area contributed by atoms with Gasteiger partial charge in [-0.1, -0.05) is 72.3 Å². The molecule has 1 aliphatic heterocycles. The predicted molar refractivity (Wildman–Crippen MR) is 129 cm³/mol. The Labute approximate surface area is 194 Å². The predicted octanol–water partition coefficient (Wildman–Crippen LogP) is 4.30. The smallest absolute Gasteiger partial charge is 0.315 e. The number of para-hydroxylation sites is 2. The Bertz CT molecular complexity index is 1100. The molecule has 0 saturated heterocycles. The zero-order valence-corrected chi connectivity index (χ0v) is 18.8. The highest BCUT2D eigenvalue weighted by molar-refractivity contribution is 6.00. The molecule has 0 bridgehead atoms. The Morgan fingerprint density at radius 1 is 1.00 bits per heavy atom. The number of aryl methyl sites for hydroxylation is 2. The molecule has 1 heterocycles. The van der Waals surface area contributed by atoms with Crippen LogP contribution in [0.4, 0.5) is 10.5 Å². The van der Waals surface area contributed by atoms with Crippen molar-refractivity contribution >= 4 is 17.6 Å².